The Hall–Kier alpha value is -2.80. The number of aryl methyl sites for hydroxylation is 1. The maximum absolute atomic E-state index is 12.1. The number of hydrogen-bond acceptors (Lipinski definition) is 3. The molecule has 20 heavy (non-hydrogen) atoms. The zero-order chi connectivity index (χ0) is 14.5. The summed E-state index contributed by atoms with van der Waals surface area (Å²) in [5.41, 5.74) is 9.47. The molecule has 100 valence electrons. The van der Waals surface area contributed by atoms with Gasteiger partial charge in [0.15, 0.2) is 0 Å². The summed E-state index contributed by atoms with van der Waals surface area (Å²) < 4.78 is 0. The summed E-state index contributed by atoms with van der Waals surface area (Å²) in [5, 5.41) is 11.4. The van der Waals surface area contributed by atoms with Gasteiger partial charge >= 0.3 is 0 Å². The number of carbonyl (C=O) groups is 1. The van der Waals surface area contributed by atoms with Crippen LogP contribution in [0.15, 0.2) is 42.5 Å². The molecule has 0 saturated carbocycles. The Morgan fingerprint density at radius 1 is 1.25 bits per heavy atom. The molecule has 0 aliphatic carbocycles. The molecule has 0 atom stereocenters. The molecule has 0 aliphatic rings. The molecule has 0 radical (unpaired) electrons. The summed E-state index contributed by atoms with van der Waals surface area (Å²) >= 11 is 0. The van der Waals surface area contributed by atoms with Crippen molar-refractivity contribution >= 4 is 17.3 Å². The van der Waals surface area contributed by atoms with Crippen molar-refractivity contribution in [3.05, 3.63) is 59.2 Å². The van der Waals surface area contributed by atoms with Crippen molar-refractivity contribution in [1.82, 2.24) is 0 Å². The van der Waals surface area contributed by atoms with E-state index in [4.69, 9.17) is 11.0 Å². The Morgan fingerprint density at radius 3 is 2.55 bits per heavy atom. The second-order valence-corrected chi connectivity index (χ2v) is 4.56. The van der Waals surface area contributed by atoms with Crippen LogP contribution < -0.4 is 11.1 Å². The van der Waals surface area contributed by atoms with Gasteiger partial charge in [-0.1, -0.05) is 18.2 Å². The number of nitrogens with two attached hydrogens (primary N) is 1. The van der Waals surface area contributed by atoms with Crippen LogP contribution in [-0.4, -0.2) is 5.91 Å². The van der Waals surface area contributed by atoms with Crippen LogP contribution in [0.2, 0.25) is 0 Å². The average Bonchev–Trinajstić information content (AvgIpc) is 2.44. The van der Waals surface area contributed by atoms with Gasteiger partial charge < -0.3 is 11.1 Å². The minimum atomic E-state index is -0.204. The predicted octanol–water partition coefficient (Wildman–Crippen LogP) is 2.90. The third kappa shape index (κ3) is 3.15. The van der Waals surface area contributed by atoms with Crippen molar-refractivity contribution in [2.45, 2.75) is 13.3 Å². The highest BCUT2D eigenvalue weighted by Crippen LogP contribution is 2.15. The Balaban J connectivity index is 2.11. The Kier molecular flexibility index (Phi) is 4.02. The topological polar surface area (TPSA) is 78.9 Å². The van der Waals surface area contributed by atoms with E-state index in [2.05, 4.69) is 11.4 Å². The van der Waals surface area contributed by atoms with Crippen LogP contribution in [0.1, 0.15) is 21.5 Å². The molecule has 0 heterocycles. The molecule has 4 nitrogen and oxygen atoms in total. The quantitative estimate of drug-likeness (QED) is 0.837. The van der Waals surface area contributed by atoms with Gasteiger partial charge in [0.25, 0.3) is 5.91 Å². The summed E-state index contributed by atoms with van der Waals surface area (Å²) in [4.78, 5) is 12.1. The normalized spacial score (nSPS) is 9.80. The third-order valence-corrected chi connectivity index (χ3v) is 3.04. The average molecular weight is 265 g/mol. The minimum Gasteiger partial charge on any atom is -0.398 e. The van der Waals surface area contributed by atoms with Gasteiger partial charge in [0.1, 0.15) is 0 Å². The summed E-state index contributed by atoms with van der Waals surface area (Å²) in [7, 11) is 0. The second-order valence-electron chi connectivity index (χ2n) is 4.56. The largest absolute Gasteiger partial charge is 0.398 e. The van der Waals surface area contributed by atoms with Crippen molar-refractivity contribution in [3.8, 4) is 6.07 Å². The number of nitriles is 1. The zero-order valence-corrected chi connectivity index (χ0v) is 11.2. The van der Waals surface area contributed by atoms with Gasteiger partial charge in [-0.15, -0.1) is 0 Å². The van der Waals surface area contributed by atoms with Crippen LogP contribution >= 0.6 is 0 Å². The number of rotatable bonds is 3. The molecule has 0 saturated heterocycles. The maximum Gasteiger partial charge on any atom is 0.255 e. The SMILES string of the molecule is Cc1ccc(C(=O)Nc2ccc(CC#N)cc2)cc1N. The third-order valence-electron chi connectivity index (χ3n) is 3.04. The molecule has 0 fully saturated rings. The summed E-state index contributed by atoms with van der Waals surface area (Å²) in [6, 6.07) is 14.5. The van der Waals surface area contributed by atoms with Crippen LogP contribution in [0.5, 0.6) is 0 Å². The fourth-order valence-corrected chi connectivity index (χ4v) is 1.78. The first-order valence-corrected chi connectivity index (χ1v) is 6.23. The molecular weight excluding hydrogens is 250 g/mol. The standard InChI is InChI=1S/C16H15N3O/c1-11-2-5-13(10-15(11)18)16(20)19-14-6-3-12(4-7-14)8-9-17/h2-7,10H,8,18H2,1H3,(H,19,20). The van der Waals surface area contributed by atoms with E-state index in [9.17, 15) is 4.79 Å². The molecule has 2 aromatic carbocycles. The van der Waals surface area contributed by atoms with Crippen molar-refractivity contribution in [2.24, 2.45) is 0 Å². The lowest BCUT2D eigenvalue weighted by Gasteiger charge is -2.07. The molecule has 0 bridgehead atoms. The van der Waals surface area contributed by atoms with Gasteiger partial charge in [-0.3, -0.25) is 4.79 Å². The van der Waals surface area contributed by atoms with E-state index in [1.165, 1.54) is 0 Å². The maximum atomic E-state index is 12.1. The number of amides is 1. The van der Waals surface area contributed by atoms with E-state index in [1.807, 2.05) is 25.1 Å². The van der Waals surface area contributed by atoms with E-state index in [-0.39, 0.29) is 5.91 Å². The van der Waals surface area contributed by atoms with Crippen molar-refractivity contribution in [1.29, 1.82) is 5.26 Å². The molecule has 0 spiro atoms. The number of nitrogen functional groups attached to an aromatic ring is 1. The number of nitrogens with zero attached hydrogens (tertiary/aromatic N) is 1. The van der Waals surface area contributed by atoms with Crippen LogP contribution in [0.25, 0.3) is 0 Å². The van der Waals surface area contributed by atoms with E-state index in [0.717, 1.165) is 11.1 Å². The van der Waals surface area contributed by atoms with E-state index < -0.39 is 0 Å². The molecule has 2 rings (SSSR count). The lowest BCUT2D eigenvalue weighted by atomic mass is 10.1. The number of nitrogens with one attached hydrogen (secondary N) is 1. The van der Waals surface area contributed by atoms with Crippen LogP contribution in [0, 0.1) is 18.3 Å². The van der Waals surface area contributed by atoms with E-state index >= 15 is 0 Å². The highest BCUT2D eigenvalue weighted by atomic mass is 16.1. The number of anilines is 2. The molecule has 2 aromatic rings. The minimum absolute atomic E-state index is 0.204. The summed E-state index contributed by atoms with van der Waals surface area (Å²) in [6.07, 6.45) is 0.364. The first kappa shape index (κ1) is 13.6. The highest BCUT2D eigenvalue weighted by Gasteiger charge is 2.07. The van der Waals surface area contributed by atoms with Crippen LogP contribution in [0.3, 0.4) is 0 Å². The van der Waals surface area contributed by atoms with Gasteiger partial charge in [-0.25, -0.2) is 0 Å². The Labute approximate surface area is 117 Å². The van der Waals surface area contributed by atoms with Gasteiger partial charge in [0.05, 0.1) is 12.5 Å². The zero-order valence-electron chi connectivity index (χ0n) is 11.2. The fourth-order valence-electron chi connectivity index (χ4n) is 1.78. The molecule has 0 aliphatic heterocycles. The Bertz CT molecular complexity index is 669. The number of carbonyl (C=O) groups excluding carboxylic acids is 1. The smallest absolute Gasteiger partial charge is 0.255 e. The summed E-state index contributed by atoms with van der Waals surface area (Å²) in [6.45, 7) is 1.89. The number of hydrogen-bond donors (Lipinski definition) is 2. The molecule has 3 N–H and O–H groups in total. The van der Waals surface area contributed by atoms with Gasteiger partial charge in [-0.05, 0) is 42.3 Å². The summed E-state index contributed by atoms with van der Waals surface area (Å²) in [5.74, 6) is -0.204. The van der Waals surface area contributed by atoms with Gasteiger partial charge in [0, 0.05) is 16.9 Å². The molecule has 0 aromatic heterocycles. The lowest BCUT2D eigenvalue weighted by Crippen LogP contribution is -2.12. The molecular formula is C16H15N3O. The first-order chi connectivity index (χ1) is 9.60. The van der Waals surface area contributed by atoms with Crippen LogP contribution in [-0.2, 0) is 6.42 Å². The first-order valence-electron chi connectivity index (χ1n) is 6.23. The van der Waals surface area contributed by atoms with Crippen molar-refractivity contribution in [2.75, 3.05) is 11.1 Å². The van der Waals surface area contributed by atoms with Gasteiger partial charge in [0.2, 0.25) is 0 Å². The molecule has 0 unspecified atom stereocenters. The second kappa shape index (κ2) is 5.89. The predicted molar refractivity (Wildman–Crippen MR) is 79.3 cm³/mol. The fraction of sp³-hybridized carbons (Fsp3) is 0.125. The molecule has 4 heteroatoms. The van der Waals surface area contributed by atoms with Gasteiger partial charge in [-0.2, -0.15) is 5.26 Å². The van der Waals surface area contributed by atoms with E-state index in [1.54, 1.807) is 24.3 Å². The molecule has 1 amide bonds. The highest BCUT2D eigenvalue weighted by molar-refractivity contribution is 6.04. The van der Waals surface area contributed by atoms with Crippen molar-refractivity contribution < 1.29 is 4.79 Å². The van der Waals surface area contributed by atoms with Crippen molar-refractivity contribution in [3.63, 3.8) is 0 Å². The monoisotopic (exact) mass is 265 g/mol. The Morgan fingerprint density at radius 2 is 1.95 bits per heavy atom. The van der Waals surface area contributed by atoms with E-state index in [0.29, 0.717) is 23.4 Å². The van der Waals surface area contributed by atoms with Crippen LogP contribution in [0.4, 0.5) is 11.4 Å². The lowest BCUT2D eigenvalue weighted by molar-refractivity contribution is 0.102. The number of benzene rings is 2.